The maximum atomic E-state index is 12.5. The van der Waals surface area contributed by atoms with Gasteiger partial charge in [0.25, 0.3) is 0 Å². The molecule has 1 fully saturated rings. The van der Waals surface area contributed by atoms with Crippen molar-refractivity contribution >= 4 is 5.95 Å². The lowest BCUT2D eigenvalue weighted by molar-refractivity contribution is -0.141. The van der Waals surface area contributed by atoms with Crippen LogP contribution in [0.2, 0.25) is 0 Å². The highest BCUT2D eigenvalue weighted by Crippen LogP contribution is 2.29. The van der Waals surface area contributed by atoms with Crippen molar-refractivity contribution in [3.05, 3.63) is 18.0 Å². The number of alkyl halides is 3. The van der Waals surface area contributed by atoms with Crippen LogP contribution in [0.5, 0.6) is 0 Å². The van der Waals surface area contributed by atoms with Crippen LogP contribution in [0.4, 0.5) is 19.1 Å². The zero-order valence-electron chi connectivity index (χ0n) is 10.9. The van der Waals surface area contributed by atoms with Crippen LogP contribution in [0.25, 0.3) is 0 Å². The van der Waals surface area contributed by atoms with Crippen LogP contribution in [0.3, 0.4) is 0 Å². The van der Waals surface area contributed by atoms with E-state index in [0.717, 1.165) is 43.9 Å². The molecule has 0 atom stereocenters. The second kappa shape index (κ2) is 5.75. The van der Waals surface area contributed by atoms with Crippen molar-refractivity contribution in [2.45, 2.75) is 51.2 Å². The summed E-state index contributed by atoms with van der Waals surface area (Å²) in [6, 6.07) is 1.07. The molecule has 2 rings (SSSR count). The van der Waals surface area contributed by atoms with E-state index in [1.54, 1.807) is 0 Å². The molecule has 0 saturated heterocycles. The highest BCUT2D eigenvalue weighted by Gasteiger charge is 2.33. The molecule has 1 saturated carbocycles. The predicted molar refractivity (Wildman–Crippen MR) is 66.7 cm³/mol. The van der Waals surface area contributed by atoms with Crippen LogP contribution in [0.15, 0.2) is 12.3 Å². The Morgan fingerprint density at radius 2 is 1.95 bits per heavy atom. The SMILES string of the molecule is CCC1CCC(Nc2nccc(C(F)(F)F)n2)CC1. The number of aromatic nitrogens is 2. The average Bonchev–Trinajstić information content (AvgIpc) is 2.39. The Labute approximate surface area is 110 Å². The minimum atomic E-state index is -4.42. The summed E-state index contributed by atoms with van der Waals surface area (Å²) in [7, 11) is 0. The lowest BCUT2D eigenvalue weighted by Gasteiger charge is -2.28. The second-order valence-electron chi connectivity index (χ2n) is 5.03. The number of anilines is 1. The summed E-state index contributed by atoms with van der Waals surface area (Å²) in [6.07, 6.45) is 2.08. The lowest BCUT2D eigenvalue weighted by Crippen LogP contribution is -2.27. The van der Waals surface area contributed by atoms with E-state index in [-0.39, 0.29) is 12.0 Å². The van der Waals surface area contributed by atoms with E-state index in [1.807, 2.05) is 0 Å². The molecular weight excluding hydrogens is 255 g/mol. The molecule has 0 aliphatic heterocycles. The third kappa shape index (κ3) is 3.81. The first kappa shape index (κ1) is 14.1. The third-order valence-electron chi connectivity index (χ3n) is 3.70. The number of nitrogens with zero attached hydrogens (tertiary/aromatic N) is 2. The fourth-order valence-corrected chi connectivity index (χ4v) is 2.48. The summed E-state index contributed by atoms with van der Waals surface area (Å²) in [6.45, 7) is 2.17. The van der Waals surface area contributed by atoms with Crippen molar-refractivity contribution < 1.29 is 13.2 Å². The van der Waals surface area contributed by atoms with Crippen molar-refractivity contribution in [3.63, 3.8) is 0 Å². The maximum Gasteiger partial charge on any atom is 0.433 e. The number of hydrogen-bond acceptors (Lipinski definition) is 3. The molecule has 6 heteroatoms. The maximum absolute atomic E-state index is 12.5. The molecule has 0 unspecified atom stereocenters. The Balaban J connectivity index is 1.97. The zero-order valence-corrected chi connectivity index (χ0v) is 10.9. The van der Waals surface area contributed by atoms with Gasteiger partial charge in [-0.15, -0.1) is 0 Å². The molecule has 1 aliphatic carbocycles. The zero-order chi connectivity index (χ0) is 13.9. The first-order valence-electron chi connectivity index (χ1n) is 6.65. The topological polar surface area (TPSA) is 37.8 Å². The Hall–Kier alpha value is -1.33. The molecule has 1 N–H and O–H groups in total. The van der Waals surface area contributed by atoms with Gasteiger partial charge in [0.05, 0.1) is 0 Å². The van der Waals surface area contributed by atoms with Gasteiger partial charge in [-0.1, -0.05) is 13.3 Å². The van der Waals surface area contributed by atoms with Crippen molar-refractivity contribution in [1.29, 1.82) is 0 Å². The highest BCUT2D eigenvalue weighted by atomic mass is 19.4. The highest BCUT2D eigenvalue weighted by molar-refractivity contribution is 5.27. The van der Waals surface area contributed by atoms with Gasteiger partial charge in [-0.05, 0) is 37.7 Å². The summed E-state index contributed by atoms with van der Waals surface area (Å²) in [5.74, 6) is 0.829. The van der Waals surface area contributed by atoms with Crippen LogP contribution < -0.4 is 5.32 Å². The van der Waals surface area contributed by atoms with Gasteiger partial charge in [0, 0.05) is 12.2 Å². The van der Waals surface area contributed by atoms with Gasteiger partial charge in [-0.3, -0.25) is 0 Å². The van der Waals surface area contributed by atoms with Crippen LogP contribution in [0, 0.1) is 5.92 Å². The monoisotopic (exact) mass is 273 g/mol. The van der Waals surface area contributed by atoms with Crippen LogP contribution in [-0.4, -0.2) is 16.0 Å². The Kier molecular flexibility index (Phi) is 4.27. The van der Waals surface area contributed by atoms with Gasteiger partial charge in [0.1, 0.15) is 5.69 Å². The number of rotatable bonds is 3. The third-order valence-corrected chi connectivity index (χ3v) is 3.70. The smallest absolute Gasteiger partial charge is 0.351 e. The summed E-state index contributed by atoms with van der Waals surface area (Å²) >= 11 is 0. The minimum Gasteiger partial charge on any atom is -0.351 e. The van der Waals surface area contributed by atoms with Gasteiger partial charge >= 0.3 is 6.18 Å². The van der Waals surface area contributed by atoms with E-state index in [0.29, 0.717) is 0 Å². The van der Waals surface area contributed by atoms with Crippen molar-refractivity contribution in [1.82, 2.24) is 9.97 Å². The molecule has 106 valence electrons. The summed E-state index contributed by atoms with van der Waals surface area (Å²) < 4.78 is 37.6. The standard InChI is InChI=1S/C13H18F3N3/c1-2-9-3-5-10(6-4-9)18-12-17-8-7-11(19-12)13(14,15)16/h7-10H,2-6H2,1H3,(H,17,18,19). The largest absolute Gasteiger partial charge is 0.433 e. The lowest BCUT2D eigenvalue weighted by atomic mass is 9.85. The van der Waals surface area contributed by atoms with Crippen molar-refractivity contribution in [2.24, 2.45) is 5.92 Å². The summed E-state index contributed by atoms with van der Waals surface area (Å²) in [5, 5.41) is 3.02. The quantitative estimate of drug-likeness (QED) is 0.908. The molecule has 1 aromatic heterocycles. The normalized spacial score (nSPS) is 24.2. The molecule has 1 heterocycles. The molecule has 0 radical (unpaired) electrons. The molecule has 0 amide bonds. The van der Waals surface area contributed by atoms with Gasteiger partial charge < -0.3 is 5.32 Å². The van der Waals surface area contributed by atoms with Gasteiger partial charge in [0.15, 0.2) is 0 Å². The number of hydrogen-bond donors (Lipinski definition) is 1. The fourth-order valence-electron chi connectivity index (χ4n) is 2.48. The molecule has 19 heavy (non-hydrogen) atoms. The molecule has 0 aromatic carbocycles. The minimum absolute atomic E-state index is 0.0785. The molecular formula is C13H18F3N3. The van der Waals surface area contributed by atoms with Gasteiger partial charge in [-0.2, -0.15) is 13.2 Å². The summed E-state index contributed by atoms with van der Waals surface area (Å²) in [5.41, 5.74) is -0.896. The second-order valence-corrected chi connectivity index (χ2v) is 5.03. The van der Waals surface area contributed by atoms with Crippen molar-refractivity contribution in [3.8, 4) is 0 Å². The summed E-state index contributed by atoms with van der Waals surface area (Å²) in [4.78, 5) is 7.39. The molecule has 0 spiro atoms. The van der Waals surface area contributed by atoms with Crippen LogP contribution in [0.1, 0.15) is 44.7 Å². The van der Waals surface area contributed by atoms with Gasteiger partial charge in [-0.25, -0.2) is 9.97 Å². The Bertz CT molecular complexity index is 412. The molecule has 3 nitrogen and oxygen atoms in total. The number of nitrogens with one attached hydrogen (secondary N) is 1. The van der Waals surface area contributed by atoms with Gasteiger partial charge in [0.2, 0.25) is 5.95 Å². The predicted octanol–water partition coefficient (Wildman–Crippen LogP) is 3.88. The fraction of sp³-hybridized carbons (Fsp3) is 0.692. The van der Waals surface area contributed by atoms with E-state index in [9.17, 15) is 13.2 Å². The van der Waals surface area contributed by atoms with Crippen LogP contribution >= 0.6 is 0 Å². The van der Waals surface area contributed by atoms with E-state index in [2.05, 4.69) is 22.2 Å². The van der Waals surface area contributed by atoms with E-state index in [4.69, 9.17) is 0 Å². The first-order chi connectivity index (χ1) is 8.99. The molecule has 0 bridgehead atoms. The van der Waals surface area contributed by atoms with E-state index >= 15 is 0 Å². The molecule has 1 aromatic rings. The van der Waals surface area contributed by atoms with E-state index < -0.39 is 11.9 Å². The molecule has 1 aliphatic rings. The number of halogens is 3. The van der Waals surface area contributed by atoms with E-state index in [1.165, 1.54) is 6.42 Å². The Morgan fingerprint density at radius 1 is 1.26 bits per heavy atom. The first-order valence-corrected chi connectivity index (χ1v) is 6.65. The van der Waals surface area contributed by atoms with Crippen LogP contribution in [-0.2, 0) is 6.18 Å². The Morgan fingerprint density at radius 3 is 2.53 bits per heavy atom. The van der Waals surface area contributed by atoms with Crippen molar-refractivity contribution in [2.75, 3.05) is 5.32 Å². The average molecular weight is 273 g/mol.